The van der Waals surface area contributed by atoms with E-state index in [1.165, 1.54) is 0 Å². The van der Waals surface area contributed by atoms with E-state index in [0.29, 0.717) is 5.75 Å². The fourth-order valence-corrected chi connectivity index (χ4v) is 1.23. The Hall–Kier alpha value is -1.02. The molecule has 1 aromatic carbocycles. The average molecular weight is 179 g/mol. The molecule has 13 heavy (non-hydrogen) atoms. The number of phenols is 1. The first-order valence-corrected chi connectivity index (χ1v) is 4.42. The topological polar surface area (TPSA) is 23.5 Å². The number of aromatic hydroxyl groups is 1. The average Bonchev–Trinajstić information content (AvgIpc) is 2.04. The molecule has 0 saturated carbocycles. The van der Waals surface area contributed by atoms with Crippen LogP contribution in [0.15, 0.2) is 24.3 Å². The van der Waals surface area contributed by atoms with Gasteiger partial charge in [0.2, 0.25) is 0 Å². The SMILES string of the molecule is CN(C)C(C)(C)c1ccccc1O. The van der Waals surface area contributed by atoms with E-state index < -0.39 is 0 Å². The molecule has 0 atom stereocenters. The van der Waals surface area contributed by atoms with Gasteiger partial charge in [0.25, 0.3) is 0 Å². The van der Waals surface area contributed by atoms with Gasteiger partial charge < -0.3 is 10.0 Å². The third-order valence-electron chi connectivity index (χ3n) is 2.68. The van der Waals surface area contributed by atoms with Gasteiger partial charge in [-0.25, -0.2) is 0 Å². The van der Waals surface area contributed by atoms with Crippen molar-refractivity contribution in [2.45, 2.75) is 19.4 Å². The van der Waals surface area contributed by atoms with Crippen molar-refractivity contribution in [3.63, 3.8) is 0 Å². The molecular weight excluding hydrogens is 162 g/mol. The highest BCUT2D eigenvalue weighted by Crippen LogP contribution is 2.31. The van der Waals surface area contributed by atoms with Crippen LogP contribution in [0.2, 0.25) is 0 Å². The lowest BCUT2D eigenvalue weighted by molar-refractivity contribution is 0.192. The lowest BCUT2D eigenvalue weighted by Crippen LogP contribution is -2.35. The number of para-hydroxylation sites is 1. The van der Waals surface area contributed by atoms with E-state index in [-0.39, 0.29) is 5.54 Å². The molecule has 1 aromatic rings. The van der Waals surface area contributed by atoms with Crippen LogP contribution in [0, 0.1) is 0 Å². The summed E-state index contributed by atoms with van der Waals surface area (Å²) < 4.78 is 0. The highest BCUT2D eigenvalue weighted by molar-refractivity contribution is 5.36. The lowest BCUT2D eigenvalue weighted by atomic mass is 9.92. The van der Waals surface area contributed by atoms with Crippen molar-refractivity contribution in [2.24, 2.45) is 0 Å². The van der Waals surface area contributed by atoms with Gasteiger partial charge in [-0.2, -0.15) is 0 Å². The Kier molecular flexibility index (Phi) is 2.62. The monoisotopic (exact) mass is 179 g/mol. The third-order valence-corrected chi connectivity index (χ3v) is 2.68. The predicted molar refractivity (Wildman–Crippen MR) is 54.8 cm³/mol. The van der Waals surface area contributed by atoms with E-state index in [9.17, 15) is 5.11 Å². The zero-order valence-corrected chi connectivity index (χ0v) is 8.70. The molecule has 0 aromatic heterocycles. The van der Waals surface area contributed by atoms with Crippen LogP contribution >= 0.6 is 0 Å². The van der Waals surface area contributed by atoms with Gasteiger partial charge in [-0.1, -0.05) is 18.2 Å². The largest absolute Gasteiger partial charge is 0.508 e. The Balaban J connectivity index is 3.14. The molecule has 0 fully saturated rings. The maximum Gasteiger partial charge on any atom is 0.120 e. The minimum atomic E-state index is -0.134. The van der Waals surface area contributed by atoms with Crippen LogP contribution in [0.5, 0.6) is 5.75 Å². The van der Waals surface area contributed by atoms with Crippen LogP contribution < -0.4 is 0 Å². The molecule has 0 radical (unpaired) electrons. The second kappa shape index (κ2) is 3.38. The molecule has 2 nitrogen and oxygen atoms in total. The Morgan fingerprint density at radius 1 is 1.15 bits per heavy atom. The number of nitrogens with zero attached hydrogens (tertiary/aromatic N) is 1. The van der Waals surface area contributed by atoms with Crippen molar-refractivity contribution >= 4 is 0 Å². The van der Waals surface area contributed by atoms with Crippen LogP contribution in [0.3, 0.4) is 0 Å². The summed E-state index contributed by atoms with van der Waals surface area (Å²) in [5.74, 6) is 0.362. The first-order chi connectivity index (χ1) is 5.96. The van der Waals surface area contributed by atoms with Crippen molar-refractivity contribution in [1.82, 2.24) is 4.90 Å². The van der Waals surface area contributed by atoms with Crippen LogP contribution in [0.25, 0.3) is 0 Å². The fraction of sp³-hybridized carbons (Fsp3) is 0.455. The first-order valence-electron chi connectivity index (χ1n) is 4.42. The predicted octanol–water partition coefficient (Wildman–Crippen LogP) is 2.19. The summed E-state index contributed by atoms with van der Waals surface area (Å²) in [7, 11) is 4.01. The second-order valence-electron chi connectivity index (χ2n) is 3.97. The third kappa shape index (κ3) is 1.83. The van der Waals surface area contributed by atoms with Crippen molar-refractivity contribution in [3.05, 3.63) is 29.8 Å². The van der Waals surface area contributed by atoms with Gasteiger partial charge in [-0.15, -0.1) is 0 Å². The molecule has 0 spiro atoms. The molecule has 0 aliphatic carbocycles. The van der Waals surface area contributed by atoms with E-state index in [1.807, 2.05) is 32.3 Å². The number of phenolic OH excluding ortho intramolecular Hbond substituents is 1. The number of benzene rings is 1. The smallest absolute Gasteiger partial charge is 0.120 e. The van der Waals surface area contributed by atoms with Gasteiger partial charge in [0, 0.05) is 11.1 Å². The number of hydrogen-bond acceptors (Lipinski definition) is 2. The minimum Gasteiger partial charge on any atom is -0.508 e. The molecule has 72 valence electrons. The second-order valence-corrected chi connectivity index (χ2v) is 3.97. The zero-order chi connectivity index (χ0) is 10.1. The molecule has 0 aliphatic heterocycles. The van der Waals surface area contributed by atoms with Gasteiger partial charge in [-0.05, 0) is 34.0 Å². The molecule has 1 N–H and O–H groups in total. The van der Waals surface area contributed by atoms with Gasteiger partial charge in [0.1, 0.15) is 5.75 Å². The molecule has 0 aliphatic rings. The van der Waals surface area contributed by atoms with Gasteiger partial charge in [0.05, 0.1) is 0 Å². The standard InChI is InChI=1S/C11H17NO/c1-11(2,12(3)4)9-7-5-6-8-10(9)13/h5-8,13H,1-4H3. The molecular formula is C11H17NO. The Morgan fingerprint density at radius 3 is 2.15 bits per heavy atom. The highest BCUT2D eigenvalue weighted by Gasteiger charge is 2.25. The number of rotatable bonds is 2. The molecule has 0 bridgehead atoms. The fourth-order valence-electron chi connectivity index (χ4n) is 1.23. The summed E-state index contributed by atoms with van der Waals surface area (Å²) in [5.41, 5.74) is 0.825. The Morgan fingerprint density at radius 2 is 1.69 bits per heavy atom. The van der Waals surface area contributed by atoms with E-state index in [0.717, 1.165) is 5.56 Å². The summed E-state index contributed by atoms with van der Waals surface area (Å²) in [4.78, 5) is 2.09. The molecule has 2 heteroatoms. The Labute approximate surface area is 79.8 Å². The van der Waals surface area contributed by atoms with Crippen LogP contribution in [-0.2, 0) is 5.54 Å². The van der Waals surface area contributed by atoms with Gasteiger partial charge in [-0.3, -0.25) is 0 Å². The van der Waals surface area contributed by atoms with Gasteiger partial charge in [0.15, 0.2) is 0 Å². The van der Waals surface area contributed by atoms with E-state index in [1.54, 1.807) is 6.07 Å². The maximum atomic E-state index is 9.67. The summed E-state index contributed by atoms with van der Waals surface area (Å²) in [6.07, 6.45) is 0. The van der Waals surface area contributed by atoms with E-state index in [4.69, 9.17) is 0 Å². The normalized spacial score (nSPS) is 12.1. The highest BCUT2D eigenvalue weighted by atomic mass is 16.3. The molecule has 1 rings (SSSR count). The maximum absolute atomic E-state index is 9.67. The summed E-state index contributed by atoms with van der Waals surface area (Å²) in [6, 6.07) is 7.46. The minimum absolute atomic E-state index is 0.134. The van der Waals surface area contributed by atoms with Crippen molar-refractivity contribution in [1.29, 1.82) is 0 Å². The van der Waals surface area contributed by atoms with E-state index >= 15 is 0 Å². The number of hydrogen-bond donors (Lipinski definition) is 1. The molecule has 0 unspecified atom stereocenters. The zero-order valence-electron chi connectivity index (χ0n) is 8.70. The van der Waals surface area contributed by atoms with Crippen LogP contribution in [0.4, 0.5) is 0 Å². The van der Waals surface area contributed by atoms with Crippen LogP contribution in [-0.4, -0.2) is 24.1 Å². The van der Waals surface area contributed by atoms with E-state index in [2.05, 4.69) is 18.7 Å². The van der Waals surface area contributed by atoms with Gasteiger partial charge >= 0.3 is 0 Å². The van der Waals surface area contributed by atoms with Crippen molar-refractivity contribution < 1.29 is 5.11 Å². The quantitative estimate of drug-likeness (QED) is 0.752. The van der Waals surface area contributed by atoms with Crippen LogP contribution in [0.1, 0.15) is 19.4 Å². The molecule has 0 heterocycles. The van der Waals surface area contributed by atoms with Crippen molar-refractivity contribution in [3.8, 4) is 5.75 Å². The molecule has 0 saturated heterocycles. The molecule has 0 amide bonds. The summed E-state index contributed by atoms with van der Waals surface area (Å²) >= 11 is 0. The Bertz CT molecular complexity index is 292. The first kappa shape index (κ1) is 10.1. The lowest BCUT2D eigenvalue weighted by Gasteiger charge is -2.33. The van der Waals surface area contributed by atoms with Crippen molar-refractivity contribution in [2.75, 3.05) is 14.1 Å². The summed E-state index contributed by atoms with van der Waals surface area (Å²) in [5, 5.41) is 9.67. The summed E-state index contributed by atoms with van der Waals surface area (Å²) in [6.45, 7) is 4.17.